The molecular weight excluding hydrogens is 248 g/mol. The number of ketones is 1. The van der Waals surface area contributed by atoms with E-state index in [9.17, 15) is 22.4 Å². The lowest BCUT2D eigenvalue weighted by atomic mass is 10.1. The molecule has 0 unspecified atom stereocenters. The molecule has 0 fully saturated rings. The van der Waals surface area contributed by atoms with Crippen molar-refractivity contribution in [3.05, 3.63) is 34.6 Å². The number of hydrogen-bond donors (Lipinski definition) is 0. The first kappa shape index (κ1) is 13.0. The van der Waals surface area contributed by atoms with Crippen LogP contribution in [0.15, 0.2) is 18.2 Å². The highest BCUT2D eigenvalue weighted by Crippen LogP contribution is 2.23. The van der Waals surface area contributed by atoms with Crippen molar-refractivity contribution in [3.8, 4) is 0 Å². The van der Waals surface area contributed by atoms with Gasteiger partial charge in [0.25, 0.3) is 0 Å². The van der Waals surface area contributed by atoms with E-state index in [2.05, 4.69) is 0 Å². The van der Waals surface area contributed by atoms with Crippen LogP contribution in [0.1, 0.15) is 23.2 Å². The van der Waals surface area contributed by atoms with Gasteiger partial charge in [0.2, 0.25) is 0 Å². The minimum atomic E-state index is -4.39. The first-order chi connectivity index (χ1) is 7.29. The van der Waals surface area contributed by atoms with Crippen molar-refractivity contribution < 1.29 is 22.4 Å². The highest BCUT2D eigenvalue weighted by Gasteiger charge is 2.28. The van der Waals surface area contributed by atoms with Gasteiger partial charge in [-0.3, -0.25) is 4.79 Å². The van der Waals surface area contributed by atoms with E-state index in [-0.39, 0.29) is 10.6 Å². The standard InChI is InChI=1S/C10H7ClF4O/c11-7-2-1-6(5-8(7)12)9(16)3-4-10(13,14)15/h1-2,5H,3-4H2. The first-order valence-electron chi connectivity index (χ1n) is 4.34. The summed E-state index contributed by atoms with van der Waals surface area (Å²) in [5.41, 5.74) is -0.105. The summed E-state index contributed by atoms with van der Waals surface area (Å²) in [5.74, 6) is -1.58. The molecule has 88 valence electrons. The zero-order valence-electron chi connectivity index (χ0n) is 7.94. The van der Waals surface area contributed by atoms with E-state index in [1.54, 1.807) is 0 Å². The minimum absolute atomic E-state index is 0.105. The number of carbonyl (C=O) groups excluding carboxylic acids is 1. The van der Waals surface area contributed by atoms with Gasteiger partial charge < -0.3 is 0 Å². The van der Waals surface area contributed by atoms with Crippen LogP contribution in [-0.2, 0) is 0 Å². The summed E-state index contributed by atoms with van der Waals surface area (Å²) in [7, 11) is 0. The third-order valence-electron chi connectivity index (χ3n) is 1.88. The Bertz CT molecular complexity index is 400. The Morgan fingerprint density at radius 3 is 2.44 bits per heavy atom. The van der Waals surface area contributed by atoms with Crippen LogP contribution in [0.2, 0.25) is 5.02 Å². The number of hydrogen-bond acceptors (Lipinski definition) is 1. The summed E-state index contributed by atoms with van der Waals surface area (Å²) in [5, 5.41) is -0.174. The third-order valence-corrected chi connectivity index (χ3v) is 2.18. The van der Waals surface area contributed by atoms with Gasteiger partial charge in [-0.25, -0.2) is 4.39 Å². The molecule has 1 aromatic carbocycles. The summed E-state index contributed by atoms with van der Waals surface area (Å²) in [6.07, 6.45) is -6.29. The van der Waals surface area contributed by atoms with Gasteiger partial charge in [0.15, 0.2) is 5.78 Å². The van der Waals surface area contributed by atoms with Gasteiger partial charge in [-0.15, -0.1) is 0 Å². The fraction of sp³-hybridized carbons (Fsp3) is 0.300. The van der Waals surface area contributed by atoms with E-state index in [1.807, 2.05) is 0 Å². The van der Waals surface area contributed by atoms with Gasteiger partial charge in [-0.2, -0.15) is 13.2 Å². The molecule has 0 bridgehead atoms. The Morgan fingerprint density at radius 1 is 1.31 bits per heavy atom. The van der Waals surface area contributed by atoms with Crippen LogP contribution in [0.3, 0.4) is 0 Å². The van der Waals surface area contributed by atoms with Gasteiger partial charge in [0.05, 0.1) is 11.4 Å². The molecule has 0 atom stereocenters. The molecule has 0 N–H and O–H groups in total. The fourth-order valence-corrected chi connectivity index (χ4v) is 1.19. The molecule has 6 heteroatoms. The van der Waals surface area contributed by atoms with Crippen LogP contribution in [-0.4, -0.2) is 12.0 Å². The van der Waals surface area contributed by atoms with Crippen molar-refractivity contribution in [1.29, 1.82) is 0 Å². The van der Waals surface area contributed by atoms with Crippen molar-refractivity contribution >= 4 is 17.4 Å². The molecule has 1 aromatic rings. The first-order valence-corrected chi connectivity index (χ1v) is 4.72. The minimum Gasteiger partial charge on any atom is -0.294 e. The highest BCUT2D eigenvalue weighted by molar-refractivity contribution is 6.30. The van der Waals surface area contributed by atoms with E-state index in [1.165, 1.54) is 6.07 Å². The largest absolute Gasteiger partial charge is 0.389 e. The highest BCUT2D eigenvalue weighted by atomic mass is 35.5. The average molecular weight is 255 g/mol. The smallest absolute Gasteiger partial charge is 0.294 e. The molecule has 0 aliphatic heterocycles. The molecule has 0 saturated heterocycles. The molecular formula is C10H7ClF4O. The van der Waals surface area contributed by atoms with E-state index >= 15 is 0 Å². The van der Waals surface area contributed by atoms with Crippen LogP contribution in [0.5, 0.6) is 0 Å². The molecule has 0 aliphatic carbocycles. The van der Waals surface area contributed by atoms with Gasteiger partial charge >= 0.3 is 6.18 Å². The Labute approximate surface area is 94.0 Å². The molecule has 1 nitrogen and oxygen atoms in total. The Balaban J connectivity index is 2.70. The molecule has 0 aromatic heterocycles. The lowest BCUT2D eigenvalue weighted by molar-refractivity contribution is -0.133. The van der Waals surface area contributed by atoms with Crippen molar-refractivity contribution in [2.24, 2.45) is 0 Å². The predicted molar refractivity (Wildman–Crippen MR) is 51.0 cm³/mol. The molecule has 1 rings (SSSR count). The molecule has 0 saturated carbocycles. The normalized spacial score (nSPS) is 11.6. The van der Waals surface area contributed by atoms with Crippen LogP contribution in [0.4, 0.5) is 17.6 Å². The van der Waals surface area contributed by atoms with Gasteiger partial charge in [0, 0.05) is 12.0 Å². The summed E-state index contributed by atoms with van der Waals surface area (Å²) in [6, 6.07) is 3.17. The second-order valence-electron chi connectivity index (χ2n) is 3.17. The number of Topliss-reactive ketones (excluding diaryl/α,β-unsaturated/α-hetero) is 1. The molecule has 0 radical (unpaired) electrons. The third kappa shape index (κ3) is 3.81. The summed E-state index contributed by atoms with van der Waals surface area (Å²) < 4.78 is 48.4. The second-order valence-corrected chi connectivity index (χ2v) is 3.57. The maximum atomic E-state index is 12.9. The lowest BCUT2D eigenvalue weighted by Gasteiger charge is -2.05. The number of halogens is 5. The fourth-order valence-electron chi connectivity index (χ4n) is 1.07. The van der Waals surface area contributed by atoms with Crippen LogP contribution >= 0.6 is 11.6 Å². The SMILES string of the molecule is O=C(CCC(F)(F)F)c1ccc(Cl)c(F)c1. The van der Waals surface area contributed by atoms with E-state index in [0.717, 1.165) is 12.1 Å². The lowest BCUT2D eigenvalue weighted by Crippen LogP contribution is -2.11. The topological polar surface area (TPSA) is 17.1 Å². The quantitative estimate of drug-likeness (QED) is 0.588. The van der Waals surface area contributed by atoms with Crippen molar-refractivity contribution in [2.75, 3.05) is 0 Å². The van der Waals surface area contributed by atoms with Crippen LogP contribution in [0, 0.1) is 5.82 Å². The molecule has 16 heavy (non-hydrogen) atoms. The predicted octanol–water partition coefficient (Wildman–Crippen LogP) is 4.00. The van der Waals surface area contributed by atoms with Crippen molar-refractivity contribution in [3.63, 3.8) is 0 Å². The van der Waals surface area contributed by atoms with Gasteiger partial charge in [-0.05, 0) is 18.2 Å². The Hall–Kier alpha value is -1.10. The zero-order valence-corrected chi connectivity index (χ0v) is 8.70. The van der Waals surface area contributed by atoms with E-state index in [4.69, 9.17) is 11.6 Å². The van der Waals surface area contributed by atoms with Gasteiger partial charge in [-0.1, -0.05) is 11.6 Å². The number of benzene rings is 1. The van der Waals surface area contributed by atoms with Crippen LogP contribution in [0.25, 0.3) is 0 Å². The van der Waals surface area contributed by atoms with E-state index < -0.39 is 30.6 Å². The summed E-state index contributed by atoms with van der Waals surface area (Å²) in [6.45, 7) is 0. The monoisotopic (exact) mass is 254 g/mol. The maximum Gasteiger partial charge on any atom is 0.389 e. The molecule has 0 amide bonds. The number of carbonyl (C=O) groups is 1. The van der Waals surface area contributed by atoms with E-state index in [0.29, 0.717) is 0 Å². The van der Waals surface area contributed by atoms with Crippen molar-refractivity contribution in [1.82, 2.24) is 0 Å². The van der Waals surface area contributed by atoms with Gasteiger partial charge in [0.1, 0.15) is 5.82 Å². The summed E-state index contributed by atoms with van der Waals surface area (Å²) in [4.78, 5) is 11.2. The Kier molecular flexibility index (Phi) is 3.91. The number of rotatable bonds is 3. The summed E-state index contributed by atoms with van der Waals surface area (Å²) >= 11 is 5.37. The number of alkyl halides is 3. The van der Waals surface area contributed by atoms with Crippen molar-refractivity contribution in [2.45, 2.75) is 19.0 Å². The average Bonchev–Trinajstić information content (AvgIpc) is 2.17. The molecule has 0 spiro atoms. The molecule has 0 aliphatic rings. The second kappa shape index (κ2) is 4.82. The maximum absolute atomic E-state index is 12.9. The Morgan fingerprint density at radius 2 is 1.94 bits per heavy atom. The molecule has 0 heterocycles. The van der Waals surface area contributed by atoms with Crippen LogP contribution < -0.4 is 0 Å². The zero-order chi connectivity index (χ0) is 12.3.